The Kier molecular flexibility index (Phi) is 8.87. The first-order valence-corrected chi connectivity index (χ1v) is 16.9. The van der Waals surface area contributed by atoms with Crippen LogP contribution in [-0.2, 0) is 31.5 Å². The molecule has 4 heterocycles. The van der Waals surface area contributed by atoms with Crippen molar-refractivity contribution in [1.29, 1.82) is 0 Å². The smallest absolute Gasteiger partial charge is 0.433 e. The van der Waals surface area contributed by atoms with Crippen molar-refractivity contribution in [2.75, 3.05) is 24.1 Å². The first kappa shape index (κ1) is 37.3. The molecule has 2 aliphatic heterocycles. The van der Waals surface area contributed by atoms with Crippen molar-refractivity contribution >= 4 is 58.5 Å². The van der Waals surface area contributed by atoms with Crippen LogP contribution < -0.4 is 10.0 Å². The summed E-state index contributed by atoms with van der Waals surface area (Å²) in [5.41, 5.74) is -2.53. The van der Waals surface area contributed by atoms with Crippen LogP contribution in [0.4, 0.5) is 42.4 Å². The Morgan fingerprint density at radius 3 is 1.74 bits per heavy atom. The Morgan fingerprint density at radius 1 is 0.722 bits per heavy atom. The van der Waals surface area contributed by atoms with E-state index in [2.05, 4.69) is 9.97 Å². The number of phenolic OH excluding ortho intramolecular Hbond substituents is 1. The maximum atomic E-state index is 14.9. The van der Waals surface area contributed by atoms with Crippen LogP contribution >= 0.6 is 23.2 Å². The molecule has 4 amide bonds. The van der Waals surface area contributed by atoms with Crippen LogP contribution in [0.2, 0.25) is 10.0 Å². The van der Waals surface area contributed by atoms with E-state index in [1.807, 2.05) is 0 Å². The Balaban J connectivity index is 1.30. The minimum Gasteiger partial charge on any atom is -0.505 e. The molecule has 54 heavy (non-hydrogen) atoms. The fraction of sp³-hybridized carbons (Fsp3) is 0.353. The van der Waals surface area contributed by atoms with Crippen LogP contribution in [-0.4, -0.2) is 62.8 Å². The number of hydrazine groups is 2. The number of carbonyl (C=O) groups is 4. The predicted octanol–water partition coefficient (Wildman–Crippen LogP) is 6.40. The minimum absolute atomic E-state index is 0.130. The average Bonchev–Trinajstić information content (AvgIpc) is 3.51. The molecule has 3 aromatic rings. The molecule has 284 valence electrons. The number of aromatic nitrogens is 2. The second-order valence-electron chi connectivity index (χ2n) is 13.2. The van der Waals surface area contributed by atoms with Crippen molar-refractivity contribution in [2.45, 2.75) is 31.1 Å². The number of rotatable bonds is 5. The number of hydrogen-bond donors (Lipinski definition) is 1. The third-order valence-electron chi connectivity index (χ3n) is 10.4. The van der Waals surface area contributed by atoms with Crippen LogP contribution in [0.1, 0.15) is 35.7 Å². The van der Waals surface area contributed by atoms with Gasteiger partial charge in [0.1, 0.15) is 11.4 Å². The molecule has 20 heteroatoms. The number of nitrogens with zero attached hydrogens (tertiary/aromatic N) is 6. The van der Waals surface area contributed by atoms with E-state index in [1.165, 1.54) is 12.1 Å². The van der Waals surface area contributed by atoms with Gasteiger partial charge in [0.15, 0.2) is 23.2 Å². The van der Waals surface area contributed by atoms with Crippen LogP contribution in [0.3, 0.4) is 0 Å². The van der Waals surface area contributed by atoms with E-state index in [1.54, 1.807) is 6.08 Å². The van der Waals surface area contributed by atoms with E-state index in [4.69, 9.17) is 23.2 Å². The zero-order valence-electron chi connectivity index (χ0n) is 27.7. The number of anilines is 2. The van der Waals surface area contributed by atoms with Gasteiger partial charge < -0.3 is 5.11 Å². The molecule has 2 aliphatic carbocycles. The summed E-state index contributed by atoms with van der Waals surface area (Å²) in [5, 5.41) is 13.0. The fourth-order valence-corrected chi connectivity index (χ4v) is 8.55. The lowest BCUT2D eigenvalue weighted by Gasteiger charge is -2.44. The molecule has 1 aromatic carbocycles. The van der Waals surface area contributed by atoms with Crippen molar-refractivity contribution in [2.24, 2.45) is 29.6 Å². The summed E-state index contributed by atoms with van der Waals surface area (Å²) in [7, 11) is 2.22. The standard InChI is InChI=1S/C34H25Cl2F7N6O5/c1-46(27-18(35)8-10-21(44-27)33(38,39)40)48-29(51)15-7-6-13-16(24(15)31(48)53)12-17-25(23(13)14-4-3-5-20(37)26(14)50)32(54)49(30(17)52)47(2)28-19(36)9-11-22(45-28)34(41,42)43/h3-6,8-11,15-17,23-25,50H,7,12H2,1-2H3/t15-,16+,17+,23+,24-,25+/m0/s1. The van der Waals surface area contributed by atoms with Gasteiger partial charge in [0.2, 0.25) is 0 Å². The molecule has 1 N–H and O–H groups in total. The highest BCUT2D eigenvalue weighted by molar-refractivity contribution is 6.33. The molecular weight excluding hydrogens is 776 g/mol. The van der Waals surface area contributed by atoms with Gasteiger partial charge in [0.05, 0.1) is 33.7 Å². The fourth-order valence-electron chi connectivity index (χ4n) is 8.10. The largest absolute Gasteiger partial charge is 0.505 e. The van der Waals surface area contributed by atoms with E-state index in [9.17, 15) is 55.0 Å². The number of halogens is 9. The zero-order valence-corrected chi connectivity index (χ0v) is 29.2. The van der Waals surface area contributed by atoms with Crippen molar-refractivity contribution in [1.82, 2.24) is 20.0 Å². The van der Waals surface area contributed by atoms with Crippen molar-refractivity contribution < 1.29 is 55.0 Å². The number of amides is 4. The summed E-state index contributed by atoms with van der Waals surface area (Å²) in [6.07, 6.45) is -8.65. The molecule has 0 spiro atoms. The molecule has 0 bridgehead atoms. The van der Waals surface area contributed by atoms with E-state index >= 15 is 0 Å². The number of imide groups is 2. The van der Waals surface area contributed by atoms with Crippen LogP contribution in [0.15, 0.2) is 54.1 Å². The number of alkyl halides is 6. The third kappa shape index (κ3) is 5.72. The summed E-state index contributed by atoms with van der Waals surface area (Å²) in [6, 6.07) is 6.55. The average molecular weight is 802 g/mol. The normalized spacial score (nSPS) is 25.4. The maximum Gasteiger partial charge on any atom is 0.433 e. The highest BCUT2D eigenvalue weighted by Crippen LogP contribution is 2.59. The number of phenols is 1. The molecule has 2 aromatic heterocycles. The molecule has 7 rings (SSSR count). The highest BCUT2D eigenvalue weighted by atomic mass is 35.5. The SMILES string of the molecule is CN(c1nc(C(F)(F)F)ccc1Cl)N1C(=O)[C@H]2[C@H](CC=C3[C@H]2C[C@H]2C(=O)N(N(C)c4nc(C(F)(F)F)ccc4Cl)C(=O)[C@H]2[C@H]3c2cccc(F)c2O)C1=O. The van der Waals surface area contributed by atoms with Crippen LogP contribution in [0, 0.1) is 35.4 Å². The lowest BCUT2D eigenvalue weighted by Crippen LogP contribution is -2.46. The monoisotopic (exact) mass is 800 g/mol. The topological polar surface area (TPSA) is 127 Å². The maximum absolute atomic E-state index is 14.9. The first-order chi connectivity index (χ1) is 25.2. The molecule has 0 radical (unpaired) electrons. The van der Waals surface area contributed by atoms with Gasteiger partial charge in [-0.25, -0.2) is 14.4 Å². The Morgan fingerprint density at radius 2 is 1.22 bits per heavy atom. The van der Waals surface area contributed by atoms with E-state index in [-0.39, 0.29) is 28.5 Å². The summed E-state index contributed by atoms with van der Waals surface area (Å²) in [4.78, 5) is 63.8. The lowest BCUT2D eigenvalue weighted by atomic mass is 9.57. The van der Waals surface area contributed by atoms with Gasteiger partial charge in [-0.1, -0.05) is 47.0 Å². The molecule has 4 aliphatic rings. The van der Waals surface area contributed by atoms with Crippen LogP contribution in [0.5, 0.6) is 5.75 Å². The van der Waals surface area contributed by atoms with Crippen molar-refractivity contribution in [3.05, 3.63) is 86.9 Å². The summed E-state index contributed by atoms with van der Waals surface area (Å²) >= 11 is 12.4. The molecule has 6 atom stereocenters. The molecule has 2 saturated heterocycles. The molecule has 3 fully saturated rings. The number of benzene rings is 1. The van der Waals surface area contributed by atoms with Gasteiger partial charge in [-0.15, -0.1) is 0 Å². The number of allylic oxidation sites excluding steroid dienone is 2. The number of hydrogen-bond acceptors (Lipinski definition) is 9. The molecule has 11 nitrogen and oxygen atoms in total. The van der Waals surface area contributed by atoms with Gasteiger partial charge in [0, 0.05) is 25.6 Å². The molecule has 1 saturated carbocycles. The van der Waals surface area contributed by atoms with E-state index in [0.717, 1.165) is 42.3 Å². The predicted molar refractivity (Wildman–Crippen MR) is 175 cm³/mol. The zero-order chi connectivity index (χ0) is 39.3. The quantitative estimate of drug-likeness (QED) is 0.177. The van der Waals surface area contributed by atoms with Gasteiger partial charge in [0.25, 0.3) is 23.6 Å². The summed E-state index contributed by atoms with van der Waals surface area (Å²) in [6.45, 7) is 0. The molecule has 0 unspecified atom stereocenters. The Bertz CT molecular complexity index is 2170. The lowest BCUT2D eigenvalue weighted by molar-refractivity contribution is -0.143. The van der Waals surface area contributed by atoms with Crippen molar-refractivity contribution in [3.8, 4) is 5.75 Å². The van der Waals surface area contributed by atoms with Crippen molar-refractivity contribution in [3.63, 3.8) is 0 Å². The highest BCUT2D eigenvalue weighted by Gasteiger charge is 2.63. The number of aromatic hydroxyl groups is 1. The number of para-hydroxylation sites is 1. The van der Waals surface area contributed by atoms with E-state index in [0.29, 0.717) is 27.7 Å². The second kappa shape index (κ2) is 12.8. The third-order valence-corrected chi connectivity index (χ3v) is 11.0. The number of carbonyl (C=O) groups excluding carboxylic acids is 4. The van der Waals surface area contributed by atoms with Gasteiger partial charge in [-0.05, 0) is 49.1 Å². The second-order valence-corrected chi connectivity index (χ2v) is 14.0. The Hall–Kier alpha value is -4.97. The van der Waals surface area contributed by atoms with Crippen LogP contribution in [0.25, 0.3) is 0 Å². The van der Waals surface area contributed by atoms with Gasteiger partial charge >= 0.3 is 12.4 Å². The van der Waals surface area contributed by atoms with E-state index < -0.39 is 106 Å². The van der Waals surface area contributed by atoms with Gasteiger partial charge in [-0.3, -0.25) is 29.2 Å². The summed E-state index contributed by atoms with van der Waals surface area (Å²) < 4.78 is 96.3. The first-order valence-electron chi connectivity index (χ1n) is 16.1. The summed E-state index contributed by atoms with van der Waals surface area (Å²) in [5.74, 6) is -14.0. The van der Waals surface area contributed by atoms with Gasteiger partial charge in [-0.2, -0.15) is 36.4 Å². The minimum atomic E-state index is -4.92. The number of pyridine rings is 2. The number of fused-ring (bicyclic) bond motifs is 4. The Labute approximate surface area is 310 Å². The molecular formula is C34H25Cl2F7N6O5.